The third-order valence-corrected chi connectivity index (χ3v) is 5.27. The lowest BCUT2D eigenvalue weighted by atomic mass is 10.2. The Labute approximate surface area is 182 Å². The van der Waals surface area contributed by atoms with Crippen LogP contribution in [0.2, 0.25) is 0 Å². The van der Waals surface area contributed by atoms with E-state index in [0.717, 1.165) is 5.56 Å². The third kappa shape index (κ3) is 4.60. The number of aromatic nitrogens is 1. The largest absolute Gasteiger partial charge is 0.482 e. The van der Waals surface area contributed by atoms with Crippen LogP contribution in [0.4, 0.5) is 15.2 Å². The van der Waals surface area contributed by atoms with Crippen LogP contribution in [0.5, 0.6) is 5.75 Å². The third-order valence-electron chi connectivity index (χ3n) is 4.45. The van der Waals surface area contributed by atoms with Crippen molar-refractivity contribution >= 4 is 28.1 Å². The molecule has 1 amide bonds. The Bertz CT molecular complexity index is 1230. The first kappa shape index (κ1) is 20.3. The van der Waals surface area contributed by atoms with E-state index in [1.807, 2.05) is 23.6 Å². The van der Waals surface area contributed by atoms with Crippen molar-refractivity contribution in [1.82, 2.24) is 4.98 Å². The molecular weight excluding hydrogens is 413 g/mol. The number of halogens is 1. The number of amides is 1. The van der Waals surface area contributed by atoms with E-state index in [1.54, 1.807) is 48.5 Å². The highest BCUT2D eigenvalue weighted by molar-refractivity contribution is 7.14. The zero-order valence-electron chi connectivity index (χ0n) is 16.2. The van der Waals surface area contributed by atoms with Gasteiger partial charge >= 0.3 is 0 Å². The zero-order valence-corrected chi connectivity index (χ0v) is 17.1. The second-order valence-corrected chi connectivity index (χ2v) is 7.32. The molecule has 0 aliphatic rings. The quantitative estimate of drug-likeness (QED) is 0.402. The van der Waals surface area contributed by atoms with Crippen molar-refractivity contribution in [2.45, 2.75) is 0 Å². The van der Waals surface area contributed by atoms with Crippen molar-refractivity contribution in [2.24, 2.45) is 0 Å². The summed E-state index contributed by atoms with van der Waals surface area (Å²) in [7, 11) is 0. The van der Waals surface area contributed by atoms with Crippen LogP contribution in [-0.2, 0) is 4.79 Å². The monoisotopic (exact) mass is 429 g/mol. The molecule has 0 unspecified atom stereocenters. The fourth-order valence-corrected chi connectivity index (χ4v) is 3.82. The summed E-state index contributed by atoms with van der Waals surface area (Å²) < 4.78 is 18.9. The molecule has 0 fully saturated rings. The number of nitrogens with zero attached hydrogens (tertiary/aromatic N) is 3. The lowest BCUT2D eigenvalue weighted by molar-refractivity contribution is -0.119. The van der Waals surface area contributed by atoms with Gasteiger partial charge in [0.25, 0.3) is 5.91 Å². The number of hydrogen-bond donors (Lipinski definition) is 0. The minimum atomic E-state index is -0.334. The molecular formula is C24H16FN3O2S. The predicted molar refractivity (Wildman–Crippen MR) is 118 cm³/mol. The summed E-state index contributed by atoms with van der Waals surface area (Å²) in [6.45, 7) is -0.265. The van der Waals surface area contributed by atoms with E-state index in [9.17, 15) is 14.4 Å². The Hall–Kier alpha value is -4.02. The fourth-order valence-electron chi connectivity index (χ4n) is 2.95. The number of benzene rings is 3. The maximum Gasteiger partial charge on any atom is 0.271 e. The van der Waals surface area contributed by atoms with E-state index in [4.69, 9.17) is 4.74 Å². The van der Waals surface area contributed by atoms with Gasteiger partial charge in [0.2, 0.25) is 0 Å². The Morgan fingerprint density at radius 1 is 1.03 bits per heavy atom. The van der Waals surface area contributed by atoms with E-state index in [0.29, 0.717) is 27.8 Å². The van der Waals surface area contributed by atoms with Gasteiger partial charge in [-0.05, 0) is 48.5 Å². The van der Waals surface area contributed by atoms with Crippen LogP contribution in [0, 0.1) is 17.1 Å². The molecule has 152 valence electrons. The second kappa shape index (κ2) is 9.20. The summed E-state index contributed by atoms with van der Waals surface area (Å²) in [5, 5.41) is 11.5. The van der Waals surface area contributed by atoms with Gasteiger partial charge in [0.1, 0.15) is 17.6 Å². The maximum atomic E-state index is 13.2. The van der Waals surface area contributed by atoms with E-state index in [-0.39, 0.29) is 18.3 Å². The van der Waals surface area contributed by atoms with Gasteiger partial charge in [0, 0.05) is 10.9 Å². The summed E-state index contributed by atoms with van der Waals surface area (Å²) in [5.74, 6) is -0.313. The van der Waals surface area contributed by atoms with Crippen molar-refractivity contribution in [2.75, 3.05) is 11.5 Å². The Balaban J connectivity index is 1.62. The van der Waals surface area contributed by atoms with Gasteiger partial charge in [-0.15, -0.1) is 11.3 Å². The first-order valence-electron chi connectivity index (χ1n) is 9.37. The molecule has 7 heteroatoms. The highest BCUT2D eigenvalue weighted by Gasteiger charge is 2.22. The average molecular weight is 429 g/mol. The summed E-state index contributed by atoms with van der Waals surface area (Å²) in [6, 6.07) is 24.0. The molecule has 4 aromatic rings. The lowest BCUT2D eigenvalue weighted by Gasteiger charge is -2.20. The summed E-state index contributed by atoms with van der Waals surface area (Å²) >= 11 is 1.30. The summed E-state index contributed by atoms with van der Waals surface area (Å²) in [4.78, 5) is 19.2. The number of carbonyl (C=O) groups is 1. The minimum Gasteiger partial charge on any atom is -0.482 e. The molecule has 0 radical (unpaired) electrons. The summed E-state index contributed by atoms with van der Waals surface area (Å²) in [6.07, 6.45) is 0. The topological polar surface area (TPSA) is 66.2 Å². The van der Waals surface area contributed by atoms with Crippen molar-refractivity contribution in [3.05, 3.63) is 95.6 Å². The molecule has 0 saturated carbocycles. The van der Waals surface area contributed by atoms with Gasteiger partial charge in [0.05, 0.1) is 16.9 Å². The van der Waals surface area contributed by atoms with Gasteiger partial charge < -0.3 is 4.74 Å². The molecule has 3 aromatic carbocycles. The number of para-hydroxylation sites is 2. The molecule has 0 N–H and O–H groups in total. The van der Waals surface area contributed by atoms with Gasteiger partial charge in [-0.25, -0.2) is 9.37 Å². The van der Waals surface area contributed by atoms with E-state index in [2.05, 4.69) is 11.1 Å². The fraction of sp³-hybridized carbons (Fsp3) is 0.0417. The highest BCUT2D eigenvalue weighted by Crippen LogP contribution is 2.32. The van der Waals surface area contributed by atoms with Crippen LogP contribution >= 0.6 is 11.3 Å². The van der Waals surface area contributed by atoms with Crippen molar-refractivity contribution in [3.8, 4) is 23.1 Å². The second-order valence-electron chi connectivity index (χ2n) is 6.48. The van der Waals surface area contributed by atoms with Crippen LogP contribution in [0.15, 0.2) is 84.2 Å². The Kier molecular flexibility index (Phi) is 6.01. The van der Waals surface area contributed by atoms with Crippen LogP contribution < -0.4 is 9.64 Å². The lowest BCUT2D eigenvalue weighted by Crippen LogP contribution is -2.31. The number of ether oxygens (including phenoxy) is 1. The Morgan fingerprint density at radius 2 is 1.74 bits per heavy atom. The predicted octanol–water partition coefficient (Wildman–Crippen LogP) is 5.56. The van der Waals surface area contributed by atoms with Gasteiger partial charge in [-0.1, -0.05) is 30.3 Å². The molecule has 0 bridgehead atoms. The van der Waals surface area contributed by atoms with Crippen LogP contribution in [0.3, 0.4) is 0 Å². The molecule has 0 aliphatic heterocycles. The highest BCUT2D eigenvalue weighted by atomic mass is 32.1. The number of thiazole rings is 1. The number of rotatable bonds is 6. The molecule has 5 nitrogen and oxygen atoms in total. The zero-order chi connectivity index (χ0) is 21.6. The van der Waals surface area contributed by atoms with Gasteiger partial charge in [-0.3, -0.25) is 9.69 Å². The molecule has 0 atom stereocenters. The SMILES string of the molecule is N#Cc1ccccc1OCC(=O)N(c1ccccc1)c1nc(-c2ccc(F)cc2)cs1. The molecule has 4 rings (SSSR count). The summed E-state index contributed by atoms with van der Waals surface area (Å²) in [5.41, 5.74) is 2.40. The van der Waals surface area contributed by atoms with Gasteiger partial charge in [0.15, 0.2) is 11.7 Å². The average Bonchev–Trinajstić information content (AvgIpc) is 3.29. The van der Waals surface area contributed by atoms with Crippen LogP contribution in [-0.4, -0.2) is 17.5 Å². The van der Waals surface area contributed by atoms with Crippen LogP contribution in [0.1, 0.15) is 5.56 Å². The van der Waals surface area contributed by atoms with E-state index in [1.165, 1.54) is 28.4 Å². The Morgan fingerprint density at radius 3 is 2.48 bits per heavy atom. The van der Waals surface area contributed by atoms with Crippen LogP contribution in [0.25, 0.3) is 11.3 Å². The number of hydrogen-bond acceptors (Lipinski definition) is 5. The number of nitriles is 1. The molecule has 0 spiro atoms. The molecule has 1 aromatic heterocycles. The first-order valence-corrected chi connectivity index (χ1v) is 10.2. The molecule has 0 aliphatic carbocycles. The minimum absolute atomic E-state index is 0.265. The number of anilines is 2. The smallest absolute Gasteiger partial charge is 0.271 e. The molecule has 0 saturated heterocycles. The maximum absolute atomic E-state index is 13.2. The van der Waals surface area contributed by atoms with E-state index < -0.39 is 0 Å². The van der Waals surface area contributed by atoms with Gasteiger partial charge in [-0.2, -0.15) is 5.26 Å². The van der Waals surface area contributed by atoms with Crippen molar-refractivity contribution in [3.63, 3.8) is 0 Å². The number of carbonyl (C=O) groups excluding carboxylic acids is 1. The normalized spacial score (nSPS) is 10.3. The first-order chi connectivity index (χ1) is 15.2. The van der Waals surface area contributed by atoms with Crippen molar-refractivity contribution < 1.29 is 13.9 Å². The van der Waals surface area contributed by atoms with Crippen molar-refractivity contribution in [1.29, 1.82) is 5.26 Å². The standard InChI is InChI=1S/C24H16FN3O2S/c25-19-12-10-17(11-13-19)21-16-31-24(27-21)28(20-7-2-1-3-8-20)23(29)15-30-22-9-5-4-6-18(22)14-26/h1-13,16H,15H2. The van der Waals surface area contributed by atoms with E-state index >= 15 is 0 Å². The molecule has 31 heavy (non-hydrogen) atoms. The molecule has 1 heterocycles.